The third-order valence-corrected chi connectivity index (χ3v) is 4.00. The third-order valence-electron chi connectivity index (χ3n) is 3.75. The van der Waals surface area contributed by atoms with Crippen LogP contribution in [-0.2, 0) is 15.9 Å². The number of rotatable bonds is 4. The molecule has 1 aromatic carbocycles. The Morgan fingerprint density at radius 2 is 1.83 bits per heavy atom. The van der Waals surface area contributed by atoms with Gasteiger partial charge in [-0.2, -0.15) is 0 Å². The SMILES string of the molecule is CC(C)(C)OC(=O)N1CCC(OCCc2ccc(Cl)cc2)CC1. The maximum Gasteiger partial charge on any atom is 0.410 e. The minimum absolute atomic E-state index is 0.223. The zero-order valence-electron chi connectivity index (χ0n) is 14.2. The lowest BCUT2D eigenvalue weighted by Gasteiger charge is -2.33. The summed E-state index contributed by atoms with van der Waals surface area (Å²) in [6, 6.07) is 7.85. The Bertz CT molecular complexity index is 502. The quantitative estimate of drug-likeness (QED) is 0.821. The van der Waals surface area contributed by atoms with E-state index in [0.29, 0.717) is 19.7 Å². The molecule has 0 radical (unpaired) electrons. The van der Waals surface area contributed by atoms with Crippen LogP contribution in [0.5, 0.6) is 0 Å². The van der Waals surface area contributed by atoms with Crippen LogP contribution in [0.3, 0.4) is 0 Å². The van der Waals surface area contributed by atoms with Crippen molar-refractivity contribution >= 4 is 17.7 Å². The summed E-state index contributed by atoms with van der Waals surface area (Å²) in [5, 5.41) is 0.754. The van der Waals surface area contributed by atoms with Crippen molar-refractivity contribution in [2.75, 3.05) is 19.7 Å². The molecule has 4 nitrogen and oxygen atoms in total. The second kappa shape index (κ2) is 8.02. The van der Waals surface area contributed by atoms with Gasteiger partial charge < -0.3 is 14.4 Å². The van der Waals surface area contributed by atoms with Gasteiger partial charge in [0.2, 0.25) is 0 Å². The first-order chi connectivity index (χ1) is 10.8. The van der Waals surface area contributed by atoms with Crippen molar-refractivity contribution in [3.63, 3.8) is 0 Å². The molecule has 1 aromatic rings. The summed E-state index contributed by atoms with van der Waals surface area (Å²) in [7, 11) is 0. The molecule has 2 rings (SSSR count). The molecule has 1 heterocycles. The molecule has 0 spiro atoms. The Hall–Kier alpha value is -1.26. The highest BCUT2D eigenvalue weighted by atomic mass is 35.5. The molecule has 5 heteroatoms. The number of amides is 1. The Labute approximate surface area is 143 Å². The number of halogens is 1. The number of hydrogen-bond donors (Lipinski definition) is 0. The maximum atomic E-state index is 12.0. The molecule has 1 aliphatic rings. The monoisotopic (exact) mass is 339 g/mol. The van der Waals surface area contributed by atoms with E-state index in [2.05, 4.69) is 0 Å². The number of carbonyl (C=O) groups excluding carboxylic acids is 1. The normalized spacial score (nSPS) is 16.4. The molecule has 0 bridgehead atoms. The molecule has 0 saturated carbocycles. The van der Waals surface area contributed by atoms with Crippen LogP contribution >= 0.6 is 11.6 Å². The first kappa shape index (κ1) is 18.1. The lowest BCUT2D eigenvalue weighted by atomic mass is 10.1. The summed E-state index contributed by atoms with van der Waals surface area (Å²) in [5.74, 6) is 0. The fraction of sp³-hybridized carbons (Fsp3) is 0.611. The molecule has 0 atom stereocenters. The van der Waals surface area contributed by atoms with Crippen LogP contribution in [0.2, 0.25) is 5.02 Å². The molecule has 0 aromatic heterocycles. The fourth-order valence-corrected chi connectivity index (χ4v) is 2.65. The molecule has 1 amide bonds. The van der Waals surface area contributed by atoms with Crippen molar-refractivity contribution in [1.82, 2.24) is 4.90 Å². The number of benzene rings is 1. The van der Waals surface area contributed by atoms with E-state index in [1.807, 2.05) is 45.0 Å². The van der Waals surface area contributed by atoms with E-state index in [-0.39, 0.29) is 12.2 Å². The average Bonchev–Trinajstić information content (AvgIpc) is 2.48. The van der Waals surface area contributed by atoms with Crippen LogP contribution in [0, 0.1) is 0 Å². The summed E-state index contributed by atoms with van der Waals surface area (Å²) >= 11 is 5.87. The van der Waals surface area contributed by atoms with Crippen molar-refractivity contribution in [3.05, 3.63) is 34.9 Å². The standard InChI is InChI=1S/C18H26ClNO3/c1-18(2,3)23-17(21)20-11-8-16(9-12-20)22-13-10-14-4-6-15(19)7-5-14/h4-7,16H,8-13H2,1-3H3. The first-order valence-corrected chi connectivity index (χ1v) is 8.55. The number of ether oxygens (including phenoxy) is 2. The number of hydrogen-bond acceptors (Lipinski definition) is 3. The predicted molar refractivity (Wildman–Crippen MR) is 91.9 cm³/mol. The van der Waals surface area contributed by atoms with Gasteiger partial charge in [-0.15, -0.1) is 0 Å². The summed E-state index contributed by atoms with van der Waals surface area (Å²) in [5.41, 5.74) is 0.781. The van der Waals surface area contributed by atoms with Crippen LogP contribution in [0.4, 0.5) is 4.79 Å². The summed E-state index contributed by atoms with van der Waals surface area (Å²) in [4.78, 5) is 13.8. The van der Waals surface area contributed by atoms with E-state index in [1.54, 1.807) is 4.90 Å². The molecule has 128 valence electrons. The van der Waals surface area contributed by atoms with Crippen LogP contribution in [0.1, 0.15) is 39.2 Å². The molecule has 0 unspecified atom stereocenters. The Morgan fingerprint density at radius 3 is 2.39 bits per heavy atom. The van der Waals surface area contributed by atoms with Gasteiger partial charge in [0, 0.05) is 18.1 Å². The molecule has 1 aliphatic heterocycles. The van der Waals surface area contributed by atoms with Crippen molar-refractivity contribution in [1.29, 1.82) is 0 Å². The Kier molecular flexibility index (Phi) is 6.31. The number of likely N-dealkylation sites (tertiary alicyclic amines) is 1. The van der Waals surface area contributed by atoms with Gasteiger partial charge in [-0.25, -0.2) is 4.79 Å². The van der Waals surface area contributed by atoms with Crippen LogP contribution in [0.15, 0.2) is 24.3 Å². The van der Waals surface area contributed by atoms with E-state index in [1.165, 1.54) is 5.56 Å². The molecule has 23 heavy (non-hydrogen) atoms. The van der Waals surface area contributed by atoms with E-state index < -0.39 is 5.60 Å². The minimum atomic E-state index is -0.441. The van der Waals surface area contributed by atoms with Crippen molar-refractivity contribution in [2.24, 2.45) is 0 Å². The van der Waals surface area contributed by atoms with Crippen molar-refractivity contribution < 1.29 is 14.3 Å². The smallest absolute Gasteiger partial charge is 0.410 e. The molecule has 0 N–H and O–H groups in total. The molecule has 1 fully saturated rings. The van der Waals surface area contributed by atoms with Gasteiger partial charge in [-0.3, -0.25) is 0 Å². The highest BCUT2D eigenvalue weighted by molar-refractivity contribution is 6.30. The maximum absolute atomic E-state index is 12.0. The topological polar surface area (TPSA) is 38.8 Å². The summed E-state index contributed by atoms with van der Waals surface area (Å²) < 4.78 is 11.3. The number of nitrogens with zero attached hydrogens (tertiary/aromatic N) is 1. The lowest BCUT2D eigenvalue weighted by molar-refractivity contribution is -0.0105. The molecular formula is C18H26ClNO3. The number of piperidine rings is 1. The van der Waals surface area contributed by atoms with Gasteiger partial charge >= 0.3 is 6.09 Å². The average molecular weight is 340 g/mol. The highest BCUT2D eigenvalue weighted by Crippen LogP contribution is 2.18. The van der Waals surface area contributed by atoms with Crippen LogP contribution < -0.4 is 0 Å². The largest absolute Gasteiger partial charge is 0.444 e. The highest BCUT2D eigenvalue weighted by Gasteiger charge is 2.26. The van der Waals surface area contributed by atoms with E-state index in [4.69, 9.17) is 21.1 Å². The first-order valence-electron chi connectivity index (χ1n) is 8.17. The van der Waals surface area contributed by atoms with Gasteiger partial charge in [0.05, 0.1) is 12.7 Å². The van der Waals surface area contributed by atoms with E-state index >= 15 is 0 Å². The molecule has 0 aliphatic carbocycles. The van der Waals surface area contributed by atoms with Gasteiger partial charge in [0.25, 0.3) is 0 Å². The summed E-state index contributed by atoms with van der Waals surface area (Å²) in [6.07, 6.45) is 2.60. The summed E-state index contributed by atoms with van der Waals surface area (Å²) in [6.45, 7) is 7.74. The second-order valence-electron chi connectivity index (χ2n) is 6.91. The van der Waals surface area contributed by atoms with Crippen molar-refractivity contribution in [3.8, 4) is 0 Å². The number of carbonyl (C=O) groups is 1. The zero-order chi connectivity index (χ0) is 16.9. The van der Waals surface area contributed by atoms with Crippen LogP contribution in [0.25, 0.3) is 0 Å². The van der Waals surface area contributed by atoms with Gasteiger partial charge in [-0.1, -0.05) is 23.7 Å². The zero-order valence-corrected chi connectivity index (χ0v) is 14.9. The third kappa shape index (κ3) is 6.40. The minimum Gasteiger partial charge on any atom is -0.444 e. The molecule has 1 saturated heterocycles. The fourth-order valence-electron chi connectivity index (χ4n) is 2.53. The predicted octanol–water partition coefficient (Wildman–Crippen LogP) is 4.30. The van der Waals surface area contributed by atoms with Gasteiger partial charge in [-0.05, 0) is 57.7 Å². The second-order valence-corrected chi connectivity index (χ2v) is 7.35. The lowest BCUT2D eigenvalue weighted by Crippen LogP contribution is -2.43. The van der Waals surface area contributed by atoms with Gasteiger partial charge in [0.1, 0.15) is 5.60 Å². The van der Waals surface area contributed by atoms with Gasteiger partial charge in [0.15, 0.2) is 0 Å². The van der Waals surface area contributed by atoms with E-state index in [9.17, 15) is 4.79 Å². The van der Waals surface area contributed by atoms with E-state index in [0.717, 1.165) is 24.3 Å². The molecular weight excluding hydrogens is 314 g/mol. The van der Waals surface area contributed by atoms with Crippen molar-refractivity contribution in [2.45, 2.75) is 51.7 Å². The van der Waals surface area contributed by atoms with Crippen LogP contribution in [-0.4, -0.2) is 42.4 Å². The Balaban J connectivity index is 1.66. The Morgan fingerprint density at radius 1 is 1.22 bits per heavy atom.